The van der Waals surface area contributed by atoms with Crippen LogP contribution in [0.2, 0.25) is 24.2 Å². The molecule has 0 saturated heterocycles. The van der Waals surface area contributed by atoms with Crippen molar-refractivity contribution in [1.82, 2.24) is 0 Å². The van der Waals surface area contributed by atoms with Crippen LogP contribution >= 0.6 is 0 Å². The monoisotopic (exact) mass is 269 g/mol. The first-order valence-electron chi connectivity index (χ1n) is 8.54. The van der Waals surface area contributed by atoms with Gasteiger partial charge in [-0.15, -0.1) is 0 Å². The Hall–Kier alpha value is 0.217. The van der Waals surface area contributed by atoms with Gasteiger partial charge >= 0.3 is 0 Å². The van der Waals surface area contributed by atoms with E-state index in [-0.39, 0.29) is 0 Å². The Morgan fingerprint density at radius 1 is 0.611 bits per heavy atom. The third-order valence-corrected chi connectivity index (χ3v) is 10.9. The van der Waals surface area contributed by atoms with Crippen molar-refractivity contribution in [2.75, 3.05) is 0 Å². The van der Waals surface area contributed by atoms with E-state index in [9.17, 15) is 0 Å². The van der Waals surface area contributed by atoms with Gasteiger partial charge in [0, 0.05) is 0 Å². The Kier molecular flexibility index (Phi) is 12.4. The zero-order valence-electron chi connectivity index (χ0n) is 13.4. The van der Waals surface area contributed by atoms with Crippen LogP contribution in [0, 0.1) is 6.92 Å². The number of hydrogen-bond acceptors (Lipinski definition) is 0. The molecule has 109 valence electrons. The van der Waals surface area contributed by atoms with Gasteiger partial charge < -0.3 is 0 Å². The largest absolute Gasteiger partial charge is 0.0678 e. The Balaban J connectivity index is 3.38. The van der Waals surface area contributed by atoms with E-state index in [4.69, 9.17) is 0 Å². The minimum absolute atomic E-state index is 0.810. The molecule has 0 amide bonds. The fraction of sp³-hybridized carbons (Fsp3) is 0.941. The lowest BCUT2D eigenvalue weighted by atomic mass is 10.1. The summed E-state index contributed by atoms with van der Waals surface area (Å²) in [5, 5.41) is 0. The second-order valence-corrected chi connectivity index (χ2v) is 11.6. The molecule has 0 aromatic heterocycles. The van der Waals surface area contributed by atoms with E-state index in [0.29, 0.717) is 0 Å². The van der Waals surface area contributed by atoms with Gasteiger partial charge in [-0.1, -0.05) is 110 Å². The fourth-order valence-corrected chi connectivity index (χ4v) is 6.58. The summed E-state index contributed by atoms with van der Waals surface area (Å²) in [5.41, 5.74) is 0. The molecule has 0 aromatic carbocycles. The minimum Gasteiger partial charge on any atom is -0.0678 e. The van der Waals surface area contributed by atoms with Gasteiger partial charge in [-0.3, -0.25) is 0 Å². The zero-order chi connectivity index (χ0) is 13.7. The molecule has 0 saturated carbocycles. The smallest absolute Gasteiger partial charge is 0.0527 e. The quantitative estimate of drug-likeness (QED) is 0.254. The molecular formula is C17H37Si. The topological polar surface area (TPSA) is 0 Å². The molecule has 0 spiro atoms. The summed E-state index contributed by atoms with van der Waals surface area (Å²) in [6.07, 6.45) is 12.7. The molecule has 18 heavy (non-hydrogen) atoms. The van der Waals surface area contributed by atoms with Crippen LogP contribution in [0.15, 0.2) is 0 Å². The van der Waals surface area contributed by atoms with Crippen molar-refractivity contribution in [1.29, 1.82) is 0 Å². The van der Waals surface area contributed by atoms with Crippen molar-refractivity contribution in [2.24, 2.45) is 0 Å². The van der Waals surface area contributed by atoms with Crippen molar-refractivity contribution in [3.05, 3.63) is 6.92 Å². The van der Waals surface area contributed by atoms with Gasteiger partial charge in [0.05, 0.1) is 8.07 Å². The van der Waals surface area contributed by atoms with E-state index in [1.165, 1.54) is 69.5 Å². The van der Waals surface area contributed by atoms with Crippen molar-refractivity contribution in [3.63, 3.8) is 0 Å². The molecular weight excluding hydrogens is 232 g/mol. The highest BCUT2D eigenvalue weighted by atomic mass is 28.3. The normalized spacial score (nSPS) is 12.0. The van der Waals surface area contributed by atoms with Crippen molar-refractivity contribution < 1.29 is 0 Å². The number of unbranched alkanes of at least 4 members (excludes halogenated alkanes) is 8. The highest BCUT2D eigenvalue weighted by molar-refractivity contribution is 6.79. The van der Waals surface area contributed by atoms with Gasteiger partial charge in [-0.25, -0.2) is 0 Å². The van der Waals surface area contributed by atoms with Gasteiger partial charge in [0.2, 0.25) is 0 Å². The third-order valence-electron chi connectivity index (χ3n) is 4.96. The molecule has 0 N–H and O–H groups in total. The summed E-state index contributed by atoms with van der Waals surface area (Å²) in [6, 6.07) is 6.11. The van der Waals surface area contributed by atoms with E-state index >= 15 is 0 Å². The van der Waals surface area contributed by atoms with E-state index in [1.807, 2.05) is 0 Å². The van der Waals surface area contributed by atoms with Gasteiger partial charge in [0.25, 0.3) is 0 Å². The Labute approximate surface area is 118 Å². The molecule has 0 heterocycles. The highest BCUT2D eigenvalue weighted by Crippen LogP contribution is 2.27. The summed E-state index contributed by atoms with van der Waals surface area (Å²) >= 11 is 0. The van der Waals surface area contributed by atoms with Crippen LogP contribution in [0.1, 0.15) is 78.6 Å². The first kappa shape index (κ1) is 18.2. The molecule has 0 aromatic rings. The maximum absolute atomic E-state index is 3.89. The van der Waals surface area contributed by atoms with Crippen LogP contribution in [0.4, 0.5) is 0 Å². The van der Waals surface area contributed by atoms with Crippen LogP contribution in [0.25, 0.3) is 0 Å². The van der Waals surface area contributed by atoms with E-state index in [2.05, 4.69) is 27.7 Å². The van der Waals surface area contributed by atoms with Crippen molar-refractivity contribution in [2.45, 2.75) is 103 Å². The number of rotatable bonds is 13. The minimum atomic E-state index is -0.810. The molecule has 0 bridgehead atoms. The maximum atomic E-state index is 3.89. The molecule has 1 heteroatoms. The average molecular weight is 270 g/mol. The van der Waals surface area contributed by atoms with Gasteiger partial charge in [0.15, 0.2) is 0 Å². The summed E-state index contributed by atoms with van der Waals surface area (Å²) < 4.78 is 0. The summed E-state index contributed by atoms with van der Waals surface area (Å²) in [6.45, 7) is 11.2. The van der Waals surface area contributed by atoms with Gasteiger partial charge in [-0.05, 0) is 0 Å². The summed E-state index contributed by atoms with van der Waals surface area (Å²) in [7, 11) is -0.810. The molecule has 0 aliphatic heterocycles. The molecule has 0 fully saturated rings. The zero-order valence-corrected chi connectivity index (χ0v) is 14.4. The fourth-order valence-electron chi connectivity index (χ4n) is 3.02. The van der Waals surface area contributed by atoms with Crippen molar-refractivity contribution in [3.8, 4) is 0 Å². The standard InChI is InChI=1S/C17H37Si/c1-5-9-10-11-12-13-14-15-16-17-18(6-2,7-3)8-4/h1,5-17H2,2-4H3. The lowest BCUT2D eigenvalue weighted by Gasteiger charge is -2.28. The van der Waals surface area contributed by atoms with Crippen LogP contribution in [0.5, 0.6) is 0 Å². The molecule has 0 aliphatic carbocycles. The Morgan fingerprint density at radius 3 is 1.39 bits per heavy atom. The Bertz CT molecular complexity index is 153. The SMILES string of the molecule is [CH2]CCCCCCCCCC[Si](CC)(CC)CC. The molecule has 0 atom stereocenters. The molecule has 0 aliphatic rings. The van der Waals surface area contributed by atoms with Gasteiger partial charge in [0.1, 0.15) is 0 Å². The van der Waals surface area contributed by atoms with Crippen LogP contribution in [-0.2, 0) is 0 Å². The second kappa shape index (κ2) is 12.3. The summed E-state index contributed by atoms with van der Waals surface area (Å²) in [5.74, 6) is 0. The van der Waals surface area contributed by atoms with E-state index < -0.39 is 8.07 Å². The lowest BCUT2D eigenvalue weighted by Crippen LogP contribution is -2.30. The lowest BCUT2D eigenvalue weighted by molar-refractivity contribution is 0.576. The predicted molar refractivity (Wildman–Crippen MR) is 88.9 cm³/mol. The van der Waals surface area contributed by atoms with Crippen LogP contribution in [0.3, 0.4) is 0 Å². The maximum Gasteiger partial charge on any atom is 0.0527 e. The third kappa shape index (κ3) is 8.34. The average Bonchev–Trinajstić information content (AvgIpc) is 2.42. The van der Waals surface area contributed by atoms with Gasteiger partial charge in [-0.2, -0.15) is 0 Å². The van der Waals surface area contributed by atoms with E-state index in [1.54, 1.807) is 6.04 Å². The molecule has 0 rings (SSSR count). The molecule has 0 unspecified atom stereocenters. The van der Waals surface area contributed by atoms with Crippen molar-refractivity contribution >= 4 is 8.07 Å². The second-order valence-electron chi connectivity index (χ2n) is 5.99. The van der Waals surface area contributed by atoms with Crippen LogP contribution < -0.4 is 0 Å². The van der Waals surface area contributed by atoms with Crippen LogP contribution in [-0.4, -0.2) is 8.07 Å². The highest BCUT2D eigenvalue weighted by Gasteiger charge is 2.25. The summed E-state index contributed by atoms with van der Waals surface area (Å²) in [4.78, 5) is 0. The van der Waals surface area contributed by atoms with E-state index in [0.717, 1.165) is 6.42 Å². The molecule has 1 radical (unpaired) electrons. The first-order chi connectivity index (χ1) is 8.74. The predicted octanol–water partition coefficient (Wildman–Crippen LogP) is 6.84. The molecule has 0 nitrogen and oxygen atoms in total. The number of hydrogen-bond donors (Lipinski definition) is 0. The Morgan fingerprint density at radius 2 is 1.00 bits per heavy atom. The first-order valence-corrected chi connectivity index (χ1v) is 11.4.